The fourth-order valence-electron chi connectivity index (χ4n) is 4.34. The lowest BCUT2D eigenvalue weighted by Crippen LogP contribution is -2.54. The maximum atomic E-state index is 12.9. The zero-order valence-corrected chi connectivity index (χ0v) is 12.8. The molecule has 0 radical (unpaired) electrons. The molecule has 4 atom stereocenters. The van der Waals surface area contributed by atoms with Gasteiger partial charge in [0.1, 0.15) is 12.1 Å². The zero-order chi connectivity index (χ0) is 15.7. The van der Waals surface area contributed by atoms with Crippen LogP contribution >= 0.6 is 0 Å². The van der Waals surface area contributed by atoms with Gasteiger partial charge in [0.15, 0.2) is 0 Å². The molecule has 1 aliphatic carbocycles. The molecule has 2 amide bonds. The lowest BCUT2D eigenvalue weighted by molar-refractivity contribution is -0.151. The van der Waals surface area contributed by atoms with Gasteiger partial charge in [-0.05, 0) is 38.0 Å². The molecule has 2 N–H and O–H groups in total. The van der Waals surface area contributed by atoms with Crippen molar-refractivity contribution >= 4 is 17.8 Å². The molecule has 0 aromatic rings. The van der Waals surface area contributed by atoms with Crippen molar-refractivity contribution in [3.05, 3.63) is 0 Å². The van der Waals surface area contributed by atoms with E-state index in [4.69, 9.17) is 0 Å². The molecule has 3 aliphatic rings. The molecule has 22 heavy (non-hydrogen) atoms. The molecular weight excluding hydrogens is 284 g/mol. The highest BCUT2D eigenvalue weighted by atomic mass is 16.4. The predicted octanol–water partition coefficient (Wildman–Crippen LogP) is 1.29. The van der Waals surface area contributed by atoms with Crippen LogP contribution in [0.3, 0.4) is 0 Å². The number of likely N-dealkylation sites (tertiary alicyclic amines) is 1. The fourth-order valence-corrected chi connectivity index (χ4v) is 4.34. The molecule has 3 rings (SSSR count). The van der Waals surface area contributed by atoms with E-state index in [9.17, 15) is 19.5 Å². The molecule has 6 heteroatoms. The number of nitrogens with one attached hydrogen (secondary N) is 1. The predicted molar refractivity (Wildman–Crippen MR) is 79.0 cm³/mol. The van der Waals surface area contributed by atoms with Crippen LogP contribution in [0.2, 0.25) is 0 Å². The van der Waals surface area contributed by atoms with Gasteiger partial charge in [0.25, 0.3) is 0 Å². The molecule has 0 aromatic carbocycles. The lowest BCUT2D eigenvalue weighted by atomic mass is 9.84. The minimum atomic E-state index is -0.914. The molecule has 2 heterocycles. The minimum Gasteiger partial charge on any atom is -0.480 e. The first-order chi connectivity index (χ1) is 10.6. The van der Waals surface area contributed by atoms with Crippen molar-refractivity contribution in [1.29, 1.82) is 0 Å². The largest absolute Gasteiger partial charge is 0.480 e. The summed E-state index contributed by atoms with van der Waals surface area (Å²) in [6.07, 6.45) is 7.33. The van der Waals surface area contributed by atoms with Crippen LogP contribution in [0.4, 0.5) is 0 Å². The first-order valence-corrected chi connectivity index (χ1v) is 8.42. The van der Waals surface area contributed by atoms with Gasteiger partial charge >= 0.3 is 5.97 Å². The van der Waals surface area contributed by atoms with Crippen LogP contribution in [-0.2, 0) is 14.4 Å². The number of nitrogens with zero attached hydrogens (tertiary/aromatic N) is 1. The Balaban J connectivity index is 1.80. The van der Waals surface area contributed by atoms with Crippen LogP contribution in [0, 0.1) is 5.92 Å². The number of carbonyl (C=O) groups is 3. The third-order valence-electron chi connectivity index (χ3n) is 5.41. The first kappa shape index (κ1) is 15.3. The van der Waals surface area contributed by atoms with E-state index < -0.39 is 18.1 Å². The summed E-state index contributed by atoms with van der Waals surface area (Å²) in [4.78, 5) is 37.8. The highest BCUT2D eigenvalue weighted by Crippen LogP contribution is 2.40. The Kier molecular flexibility index (Phi) is 4.36. The van der Waals surface area contributed by atoms with Gasteiger partial charge in [-0.25, -0.2) is 4.79 Å². The number of fused-ring (bicyclic) bond motifs is 1. The van der Waals surface area contributed by atoms with Crippen molar-refractivity contribution in [2.45, 2.75) is 75.9 Å². The third kappa shape index (κ3) is 2.83. The number of carboxylic acid groups (broad SMARTS) is 1. The highest BCUT2D eigenvalue weighted by Gasteiger charge is 2.48. The van der Waals surface area contributed by atoms with Gasteiger partial charge < -0.3 is 15.3 Å². The summed E-state index contributed by atoms with van der Waals surface area (Å²) < 4.78 is 0. The average Bonchev–Trinajstić information content (AvgIpc) is 2.76. The summed E-state index contributed by atoms with van der Waals surface area (Å²) in [5, 5.41) is 12.3. The smallest absolute Gasteiger partial charge is 0.326 e. The molecule has 3 fully saturated rings. The van der Waals surface area contributed by atoms with E-state index in [1.165, 1.54) is 0 Å². The van der Waals surface area contributed by atoms with Gasteiger partial charge in [0.05, 0.1) is 0 Å². The summed E-state index contributed by atoms with van der Waals surface area (Å²) in [6, 6.07) is -1.22. The van der Waals surface area contributed by atoms with Crippen LogP contribution in [0.15, 0.2) is 0 Å². The molecule has 1 saturated carbocycles. The lowest BCUT2D eigenvalue weighted by Gasteiger charge is -2.35. The zero-order valence-electron chi connectivity index (χ0n) is 12.8. The summed E-state index contributed by atoms with van der Waals surface area (Å²) in [5.41, 5.74) is 0. The molecule has 2 saturated heterocycles. The molecule has 6 nitrogen and oxygen atoms in total. The molecule has 4 unspecified atom stereocenters. The van der Waals surface area contributed by atoms with Gasteiger partial charge in [-0.1, -0.05) is 19.3 Å². The number of carbonyl (C=O) groups excluding carboxylic acids is 2. The number of hydrogen-bond acceptors (Lipinski definition) is 3. The molecular formula is C16H24N2O4. The number of carboxylic acids is 1. The Labute approximate surface area is 130 Å². The summed E-state index contributed by atoms with van der Waals surface area (Å²) in [5.74, 6) is -0.887. The second-order valence-electron chi connectivity index (χ2n) is 6.81. The highest BCUT2D eigenvalue weighted by molar-refractivity contribution is 5.91. The van der Waals surface area contributed by atoms with E-state index in [0.29, 0.717) is 25.2 Å². The van der Waals surface area contributed by atoms with Crippen molar-refractivity contribution in [1.82, 2.24) is 10.2 Å². The van der Waals surface area contributed by atoms with Crippen molar-refractivity contribution in [2.75, 3.05) is 0 Å². The standard InChI is InChI=1S/C16H24N2O4/c19-14-8-4-2-6-11(17-14)15(20)18-12-7-3-1-5-10(12)9-13(18)16(21)22/h10-13H,1-9H2,(H,17,19)(H,21,22). The van der Waals surface area contributed by atoms with Crippen molar-refractivity contribution in [2.24, 2.45) is 5.92 Å². The normalized spacial score (nSPS) is 35.5. The van der Waals surface area contributed by atoms with Crippen molar-refractivity contribution < 1.29 is 19.5 Å². The molecule has 0 aromatic heterocycles. The van der Waals surface area contributed by atoms with Gasteiger partial charge in [0, 0.05) is 12.5 Å². The first-order valence-electron chi connectivity index (χ1n) is 8.42. The van der Waals surface area contributed by atoms with E-state index in [1.807, 2.05) is 0 Å². The van der Waals surface area contributed by atoms with Crippen molar-refractivity contribution in [3.63, 3.8) is 0 Å². The van der Waals surface area contributed by atoms with E-state index in [2.05, 4.69) is 5.32 Å². The Hall–Kier alpha value is -1.59. The van der Waals surface area contributed by atoms with E-state index in [-0.39, 0.29) is 17.9 Å². The number of amides is 2. The van der Waals surface area contributed by atoms with E-state index in [1.54, 1.807) is 4.90 Å². The van der Waals surface area contributed by atoms with Crippen LogP contribution < -0.4 is 5.32 Å². The Morgan fingerprint density at radius 2 is 1.82 bits per heavy atom. The van der Waals surface area contributed by atoms with E-state index >= 15 is 0 Å². The number of aliphatic carboxylic acids is 1. The molecule has 122 valence electrons. The average molecular weight is 308 g/mol. The fraction of sp³-hybridized carbons (Fsp3) is 0.812. The van der Waals surface area contributed by atoms with Crippen LogP contribution in [-0.4, -0.2) is 45.9 Å². The molecule has 0 spiro atoms. The Bertz CT molecular complexity index is 479. The SMILES string of the molecule is O=C1CCCCC(C(=O)N2C(C(=O)O)CC3CCCCC32)N1. The molecule has 2 aliphatic heterocycles. The maximum absolute atomic E-state index is 12.9. The van der Waals surface area contributed by atoms with Gasteiger partial charge in [0.2, 0.25) is 11.8 Å². The Morgan fingerprint density at radius 3 is 2.59 bits per heavy atom. The number of rotatable bonds is 2. The van der Waals surface area contributed by atoms with Gasteiger partial charge in [-0.3, -0.25) is 9.59 Å². The van der Waals surface area contributed by atoms with Crippen LogP contribution in [0.5, 0.6) is 0 Å². The monoisotopic (exact) mass is 308 g/mol. The minimum absolute atomic E-state index is 0.0440. The second-order valence-corrected chi connectivity index (χ2v) is 6.81. The summed E-state index contributed by atoms with van der Waals surface area (Å²) in [6.45, 7) is 0. The third-order valence-corrected chi connectivity index (χ3v) is 5.41. The maximum Gasteiger partial charge on any atom is 0.326 e. The van der Waals surface area contributed by atoms with Crippen LogP contribution in [0.1, 0.15) is 57.8 Å². The number of hydrogen-bond donors (Lipinski definition) is 2. The Morgan fingerprint density at radius 1 is 1.09 bits per heavy atom. The quantitative estimate of drug-likeness (QED) is 0.805. The van der Waals surface area contributed by atoms with Crippen LogP contribution in [0.25, 0.3) is 0 Å². The van der Waals surface area contributed by atoms with Gasteiger partial charge in [-0.15, -0.1) is 0 Å². The molecule has 0 bridgehead atoms. The topological polar surface area (TPSA) is 86.7 Å². The van der Waals surface area contributed by atoms with Gasteiger partial charge in [-0.2, -0.15) is 0 Å². The van der Waals surface area contributed by atoms with E-state index in [0.717, 1.165) is 38.5 Å². The van der Waals surface area contributed by atoms with Crippen molar-refractivity contribution in [3.8, 4) is 0 Å². The summed E-state index contributed by atoms with van der Waals surface area (Å²) in [7, 11) is 0. The second kappa shape index (κ2) is 6.26. The summed E-state index contributed by atoms with van der Waals surface area (Å²) >= 11 is 0.